The third kappa shape index (κ3) is 4.53. The zero-order valence-electron chi connectivity index (χ0n) is 13.1. The molecule has 0 radical (unpaired) electrons. The number of nitrogens with one attached hydrogen (secondary N) is 1. The molecule has 1 aromatic rings. The molecule has 0 spiro atoms. The van der Waals surface area contributed by atoms with Gasteiger partial charge in [-0.25, -0.2) is 0 Å². The van der Waals surface area contributed by atoms with Crippen LogP contribution >= 0.6 is 0 Å². The van der Waals surface area contributed by atoms with Gasteiger partial charge >= 0.3 is 5.97 Å². The second-order valence-corrected chi connectivity index (χ2v) is 5.95. The first-order valence-electron chi connectivity index (χ1n) is 7.03. The number of carboxylic acids is 1. The molecule has 0 aromatic heterocycles. The van der Waals surface area contributed by atoms with E-state index in [9.17, 15) is 9.90 Å². The number of aliphatic carboxylic acids is 1. The molecule has 0 aliphatic heterocycles. The number of hydrogen-bond acceptors (Lipinski definition) is 3. The van der Waals surface area contributed by atoms with Crippen LogP contribution in [-0.2, 0) is 4.79 Å². The van der Waals surface area contributed by atoms with E-state index in [1.165, 1.54) is 5.56 Å². The van der Waals surface area contributed by atoms with Crippen LogP contribution in [0.1, 0.15) is 32.8 Å². The SMILES string of the molecule is Cc1cccc(N(C)CCC(C)(NC(C)C)C(=O)O)c1. The lowest BCUT2D eigenvalue weighted by Gasteiger charge is -2.31. The highest BCUT2D eigenvalue weighted by Crippen LogP contribution is 2.18. The number of nitrogens with zero attached hydrogens (tertiary/aromatic N) is 1. The van der Waals surface area contributed by atoms with Crippen molar-refractivity contribution in [1.29, 1.82) is 0 Å². The molecule has 0 amide bonds. The number of anilines is 1. The fourth-order valence-electron chi connectivity index (χ4n) is 2.26. The lowest BCUT2D eigenvalue weighted by atomic mass is 9.96. The van der Waals surface area contributed by atoms with Gasteiger partial charge in [-0.2, -0.15) is 0 Å². The van der Waals surface area contributed by atoms with E-state index in [1.54, 1.807) is 6.92 Å². The van der Waals surface area contributed by atoms with Crippen LogP contribution in [0.2, 0.25) is 0 Å². The average molecular weight is 278 g/mol. The van der Waals surface area contributed by atoms with Crippen molar-refractivity contribution in [3.05, 3.63) is 29.8 Å². The highest BCUT2D eigenvalue weighted by Gasteiger charge is 2.33. The maximum Gasteiger partial charge on any atom is 0.323 e. The van der Waals surface area contributed by atoms with Gasteiger partial charge in [0.15, 0.2) is 0 Å². The molecule has 2 N–H and O–H groups in total. The monoisotopic (exact) mass is 278 g/mol. The fourth-order valence-corrected chi connectivity index (χ4v) is 2.26. The van der Waals surface area contributed by atoms with Gasteiger partial charge < -0.3 is 10.0 Å². The van der Waals surface area contributed by atoms with Crippen LogP contribution in [0.4, 0.5) is 5.69 Å². The molecule has 1 rings (SSSR count). The highest BCUT2D eigenvalue weighted by atomic mass is 16.4. The molecular weight excluding hydrogens is 252 g/mol. The first-order valence-corrected chi connectivity index (χ1v) is 7.03. The predicted molar refractivity (Wildman–Crippen MR) is 83.4 cm³/mol. The van der Waals surface area contributed by atoms with Crippen molar-refractivity contribution in [2.75, 3.05) is 18.5 Å². The summed E-state index contributed by atoms with van der Waals surface area (Å²) in [4.78, 5) is 13.6. The summed E-state index contributed by atoms with van der Waals surface area (Å²) >= 11 is 0. The van der Waals surface area contributed by atoms with Crippen molar-refractivity contribution < 1.29 is 9.90 Å². The standard InChI is InChI=1S/C16H26N2O2/c1-12(2)17-16(4,15(19)20)9-10-18(5)14-8-6-7-13(3)11-14/h6-8,11-12,17H,9-10H2,1-5H3,(H,19,20). The van der Waals surface area contributed by atoms with E-state index in [4.69, 9.17) is 0 Å². The average Bonchev–Trinajstić information content (AvgIpc) is 2.35. The minimum atomic E-state index is -0.897. The molecule has 1 unspecified atom stereocenters. The Bertz CT molecular complexity index is 460. The summed E-state index contributed by atoms with van der Waals surface area (Å²) in [6.45, 7) is 8.42. The minimum absolute atomic E-state index is 0.139. The Hall–Kier alpha value is -1.55. The van der Waals surface area contributed by atoms with Crippen LogP contribution in [0.15, 0.2) is 24.3 Å². The smallest absolute Gasteiger partial charge is 0.323 e. The van der Waals surface area contributed by atoms with Gasteiger partial charge in [-0.05, 0) is 51.8 Å². The van der Waals surface area contributed by atoms with Gasteiger partial charge in [-0.1, -0.05) is 12.1 Å². The number of aryl methyl sites for hydroxylation is 1. The van der Waals surface area contributed by atoms with Crippen molar-refractivity contribution in [3.8, 4) is 0 Å². The first kappa shape index (κ1) is 16.5. The van der Waals surface area contributed by atoms with E-state index in [1.807, 2.05) is 33.0 Å². The van der Waals surface area contributed by atoms with E-state index in [0.717, 1.165) is 5.69 Å². The Labute approximate surface area is 121 Å². The van der Waals surface area contributed by atoms with Gasteiger partial charge in [-0.15, -0.1) is 0 Å². The van der Waals surface area contributed by atoms with Crippen molar-refractivity contribution in [3.63, 3.8) is 0 Å². The second-order valence-electron chi connectivity index (χ2n) is 5.95. The largest absolute Gasteiger partial charge is 0.480 e. The van der Waals surface area contributed by atoms with E-state index < -0.39 is 11.5 Å². The number of benzene rings is 1. The van der Waals surface area contributed by atoms with Gasteiger partial charge in [0, 0.05) is 25.3 Å². The van der Waals surface area contributed by atoms with E-state index in [-0.39, 0.29) is 6.04 Å². The normalized spacial score (nSPS) is 14.1. The van der Waals surface area contributed by atoms with Gasteiger partial charge in [0.1, 0.15) is 5.54 Å². The maximum absolute atomic E-state index is 11.5. The number of carbonyl (C=O) groups is 1. The predicted octanol–water partition coefficient (Wildman–Crippen LogP) is 2.66. The van der Waals surface area contributed by atoms with Crippen molar-refractivity contribution in [2.24, 2.45) is 0 Å². The van der Waals surface area contributed by atoms with Crippen LogP contribution in [0.3, 0.4) is 0 Å². The summed E-state index contributed by atoms with van der Waals surface area (Å²) in [6.07, 6.45) is 0.547. The first-order chi connectivity index (χ1) is 9.24. The number of hydrogen-bond donors (Lipinski definition) is 2. The maximum atomic E-state index is 11.5. The highest BCUT2D eigenvalue weighted by molar-refractivity contribution is 5.78. The van der Waals surface area contributed by atoms with E-state index in [0.29, 0.717) is 13.0 Å². The third-order valence-electron chi connectivity index (χ3n) is 3.47. The minimum Gasteiger partial charge on any atom is -0.480 e. The zero-order chi connectivity index (χ0) is 15.3. The fraction of sp³-hybridized carbons (Fsp3) is 0.562. The Balaban J connectivity index is 2.70. The molecule has 0 aliphatic rings. The molecule has 20 heavy (non-hydrogen) atoms. The third-order valence-corrected chi connectivity index (χ3v) is 3.47. The van der Waals surface area contributed by atoms with Gasteiger partial charge in [0.2, 0.25) is 0 Å². The van der Waals surface area contributed by atoms with Crippen molar-refractivity contribution in [1.82, 2.24) is 5.32 Å². The second kappa shape index (κ2) is 6.75. The molecule has 112 valence electrons. The Morgan fingerprint density at radius 1 is 1.45 bits per heavy atom. The molecule has 0 saturated carbocycles. The van der Waals surface area contributed by atoms with Crippen molar-refractivity contribution in [2.45, 2.75) is 45.7 Å². The summed E-state index contributed by atoms with van der Waals surface area (Å²) in [5.41, 5.74) is 1.42. The van der Waals surface area contributed by atoms with Crippen LogP contribution in [-0.4, -0.2) is 36.2 Å². The number of rotatable bonds is 7. The lowest BCUT2D eigenvalue weighted by molar-refractivity contribution is -0.144. The molecular formula is C16H26N2O2. The van der Waals surface area contributed by atoms with Crippen LogP contribution < -0.4 is 10.2 Å². The summed E-state index contributed by atoms with van der Waals surface area (Å²) in [6, 6.07) is 8.36. The van der Waals surface area contributed by atoms with E-state index >= 15 is 0 Å². The van der Waals surface area contributed by atoms with Gasteiger partial charge in [0.25, 0.3) is 0 Å². The molecule has 0 heterocycles. The summed E-state index contributed by atoms with van der Waals surface area (Å²) in [5, 5.41) is 12.6. The van der Waals surface area contributed by atoms with Crippen LogP contribution in [0.25, 0.3) is 0 Å². The molecule has 4 nitrogen and oxygen atoms in total. The van der Waals surface area contributed by atoms with Crippen LogP contribution in [0.5, 0.6) is 0 Å². The Morgan fingerprint density at radius 2 is 2.10 bits per heavy atom. The van der Waals surface area contributed by atoms with Gasteiger partial charge in [-0.3, -0.25) is 10.1 Å². The number of carboxylic acid groups (broad SMARTS) is 1. The molecule has 0 saturated heterocycles. The molecule has 1 aromatic carbocycles. The Kier molecular flexibility index (Phi) is 5.57. The molecule has 1 atom stereocenters. The quantitative estimate of drug-likeness (QED) is 0.805. The lowest BCUT2D eigenvalue weighted by Crippen LogP contribution is -2.53. The summed E-state index contributed by atoms with van der Waals surface area (Å²) in [7, 11) is 1.99. The molecule has 0 bridgehead atoms. The molecule has 0 fully saturated rings. The van der Waals surface area contributed by atoms with Crippen LogP contribution in [0, 0.1) is 6.92 Å². The molecule has 0 aliphatic carbocycles. The zero-order valence-corrected chi connectivity index (χ0v) is 13.1. The van der Waals surface area contributed by atoms with Gasteiger partial charge in [0.05, 0.1) is 0 Å². The summed E-state index contributed by atoms with van der Waals surface area (Å²) < 4.78 is 0. The Morgan fingerprint density at radius 3 is 2.60 bits per heavy atom. The topological polar surface area (TPSA) is 52.6 Å². The molecule has 4 heteroatoms. The van der Waals surface area contributed by atoms with E-state index in [2.05, 4.69) is 29.3 Å². The summed E-state index contributed by atoms with van der Waals surface area (Å²) in [5.74, 6) is -0.802. The van der Waals surface area contributed by atoms with Crippen molar-refractivity contribution >= 4 is 11.7 Å².